The smallest absolute Gasteiger partial charge is 0.00675 e. The standard InChI is InChI=1S/C14H28N2/c1-2-11-16-14(7-1)8-4-10-15-12-9-13-5-3-6-13/h13-16H,1-12H2. The second kappa shape index (κ2) is 7.29. The van der Waals surface area contributed by atoms with E-state index < -0.39 is 0 Å². The van der Waals surface area contributed by atoms with E-state index in [-0.39, 0.29) is 0 Å². The number of hydrogen-bond acceptors (Lipinski definition) is 2. The first-order chi connectivity index (χ1) is 7.95. The van der Waals surface area contributed by atoms with Crippen molar-refractivity contribution in [2.75, 3.05) is 19.6 Å². The van der Waals surface area contributed by atoms with Crippen molar-refractivity contribution in [2.45, 2.75) is 63.8 Å². The van der Waals surface area contributed by atoms with Crippen molar-refractivity contribution in [3.63, 3.8) is 0 Å². The molecule has 1 atom stereocenters. The fourth-order valence-electron chi connectivity index (χ4n) is 2.86. The number of hydrogen-bond donors (Lipinski definition) is 2. The molecule has 1 aliphatic carbocycles. The van der Waals surface area contributed by atoms with Crippen molar-refractivity contribution >= 4 is 0 Å². The highest BCUT2D eigenvalue weighted by Crippen LogP contribution is 2.28. The van der Waals surface area contributed by atoms with Gasteiger partial charge in [0.15, 0.2) is 0 Å². The lowest BCUT2D eigenvalue weighted by Gasteiger charge is -2.25. The molecule has 1 saturated heterocycles. The first kappa shape index (κ1) is 12.4. The lowest BCUT2D eigenvalue weighted by atomic mass is 9.83. The van der Waals surface area contributed by atoms with E-state index in [0.717, 1.165) is 12.0 Å². The number of rotatable bonds is 7. The highest BCUT2D eigenvalue weighted by atomic mass is 14.9. The second-order valence-electron chi connectivity index (χ2n) is 5.62. The van der Waals surface area contributed by atoms with Gasteiger partial charge in [0, 0.05) is 6.04 Å². The molecular weight excluding hydrogens is 196 g/mol. The van der Waals surface area contributed by atoms with Gasteiger partial charge in [0.1, 0.15) is 0 Å². The molecular formula is C14H28N2. The average molecular weight is 224 g/mol. The highest BCUT2D eigenvalue weighted by molar-refractivity contribution is 4.73. The monoisotopic (exact) mass is 224 g/mol. The summed E-state index contributed by atoms with van der Waals surface area (Å²) in [5.41, 5.74) is 0. The molecule has 1 saturated carbocycles. The zero-order chi connectivity index (χ0) is 11.1. The normalized spacial score (nSPS) is 26.6. The number of piperidine rings is 1. The van der Waals surface area contributed by atoms with Gasteiger partial charge in [-0.05, 0) is 57.7 Å². The van der Waals surface area contributed by atoms with Crippen LogP contribution in [0.25, 0.3) is 0 Å². The molecule has 94 valence electrons. The lowest BCUT2D eigenvalue weighted by Crippen LogP contribution is -2.34. The molecule has 1 heterocycles. The summed E-state index contributed by atoms with van der Waals surface area (Å²) in [5.74, 6) is 1.06. The zero-order valence-electron chi connectivity index (χ0n) is 10.6. The molecule has 0 amide bonds. The van der Waals surface area contributed by atoms with Gasteiger partial charge in [-0.1, -0.05) is 25.7 Å². The van der Waals surface area contributed by atoms with Crippen LogP contribution in [0, 0.1) is 5.92 Å². The Kier molecular flexibility index (Phi) is 5.64. The van der Waals surface area contributed by atoms with Gasteiger partial charge >= 0.3 is 0 Å². The molecule has 0 aromatic carbocycles. The Hall–Kier alpha value is -0.0800. The van der Waals surface area contributed by atoms with Gasteiger partial charge in [-0.2, -0.15) is 0 Å². The molecule has 0 bridgehead atoms. The summed E-state index contributed by atoms with van der Waals surface area (Å²) in [5, 5.41) is 7.22. The maximum absolute atomic E-state index is 3.62. The van der Waals surface area contributed by atoms with Gasteiger partial charge in [-0.15, -0.1) is 0 Å². The first-order valence-electron chi connectivity index (χ1n) is 7.39. The Morgan fingerprint density at radius 3 is 2.56 bits per heavy atom. The minimum absolute atomic E-state index is 0.821. The molecule has 16 heavy (non-hydrogen) atoms. The van der Waals surface area contributed by atoms with Crippen molar-refractivity contribution in [1.82, 2.24) is 10.6 Å². The van der Waals surface area contributed by atoms with Crippen molar-refractivity contribution < 1.29 is 0 Å². The van der Waals surface area contributed by atoms with E-state index in [1.807, 2.05) is 0 Å². The average Bonchev–Trinajstić information content (AvgIpc) is 2.27. The van der Waals surface area contributed by atoms with E-state index in [1.54, 1.807) is 0 Å². The summed E-state index contributed by atoms with van der Waals surface area (Å²) >= 11 is 0. The minimum Gasteiger partial charge on any atom is -0.317 e. The van der Waals surface area contributed by atoms with Crippen molar-refractivity contribution in [1.29, 1.82) is 0 Å². The highest BCUT2D eigenvalue weighted by Gasteiger charge is 2.16. The molecule has 2 heteroatoms. The van der Waals surface area contributed by atoms with Gasteiger partial charge in [0.25, 0.3) is 0 Å². The van der Waals surface area contributed by atoms with Crippen molar-refractivity contribution in [2.24, 2.45) is 5.92 Å². The summed E-state index contributed by atoms with van der Waals surface area (Å²) in [4.78, 5) is 0. The van der Waals surface area contributed by atoms with E-state index in [1.165, 1.54) is 77.4 Å². The summed E-state index contributed by atoms with van der Waals surface area (Å²) in [6, 6.07) is 0.821. The van der Waals surface area contributed by atoms with Gasteiger partial charge in [0.2, 0.25) is 0 Å². The molecule has 1 unspecified atom stereocenters. The largest absolute Gasteiger partial charge is 0.317 e. The lowest BCUT2D eigenvalue weighted by molar-refractivity contribution is 0.291. The maximum atomic E-state index is 3.62. The van der Waals surface area contributed by atoms with E-state index in [2.05, 4.69) is 10.6 Å². The van der Waals surface area contributed by atoms with Crippen LogP contribution in [0.1, 0.15) is 57.8 Å². The third-order valence-electron chi connectivity index (χ3n) is 4.27. The maximum Gasteiger partial charge on any atom is 0.00675 e. The Balaban J connectivity index is 1.36. The van der Waals surface area contributed by atoms with E-state index in [9.17, 15) is 0 Å². The predicted molar refractivity (Wildman–Crippen MR) is 69.7 cm³/mol. The first-order valence-corrected chi connectivity index (χ1v) is 7.39. The SMILES string of the molecule is C1CCC(CCCNCCC2CCC2)NC1. The molecule has 2 nitrogen and oxygen atoms in total. The topological polar surface area (TPSA) is 24.1 Å². The Bertz CT molecular complexity index is 172. The van der Waals surface area contributed by atoms with Gasteiger partial charge in [0.05, 0.1) is 0 Å². The Morgan fingerprint density at radius 1 is 0.938 bits per heavy atom. The molecule has 1 aliphatic heterocycles. The van der Waals surface area contributed by atoms with Crippen LogP contribution in [-0.4, -0.2) is 25.7 Å². The molecule has 2 N–H and O–H groups in total. The number of nitrogens with one attached hydrogen (secondary N) is 2. The van der Waals surface area contributed by atoms with Crippen LogP contribution in [0.15, 0.2) is 0 Å². The molecule has 0 aromatic rings. The zero-order valence-corrected chi connectivity index (χ0v) is 10.6. The fraction of sp³-hybridized carbons (Fsp3) is 1.00. The summed E-state index contributed by atoms with van der Waals surface area (Å²) in [7, 11) is 0. The molecule has 2 fully saturated rings. The van der Waals surface area contributed by atoms with Crippen molar-refractivity contribution in [3.8, 4) is 0 Å². The van der Waals surface area contributed by atoms with Crippen molar-refractivity contribution in [3.05, 3.63) is 0 Å². The molecule has 2 rings (SSSR count). The van der Waals surface area contributed by atoms with Gasteiger partial charge < -0.3 is 10.6 Å². The van der Waals surface area contributed by atoms with E-state index >= 15 is 0 Å². The third kappa shape index (κ3) is 4.42. The fourth-order valence-corrected chi connectivity index (χ4v) is 2.86. The Labute approximate surface area is 101 Å². The van der Waals surface area contributed by atoms with Crippen LogP contribution >= 0.6 is 0 Å². The minimum atomic E-state index is 0.821. The molecule has 0 aromatic heterocycles. The molecule has 0 spiro atoms. The quantitative estimate of drug-likeness (QED) is 0.650. The summed E-state index contributed by atoms with van der Waals surface area (Å²) in [6.07, 6.45) is 12.8. The van der Waals surface area contributed by atoms with Gasteiger partial charge in [-0.3, -0.25) is 0 Å². The van der Waals surface area contributed by atoms with Crippen LogP contribution < -0.4 is 10.6 Å². The Morgan fingerprint density at radius 2 is 1.88 bits per heavy atom. The summed E-state index contributed by atoms with van der Waals surface area (Å²) < 4.78 is 0. The van der Waals surface area contributed by atoms with Crippen LogP contribution in [0.4, 0.5) is 0 Å². The van der Waals surface area contributed by atoms with Gasteiger partial charge in [-0.25, -0.2) is 0 Å². The van der Waals surface area contributed by atoms with E-state index in [4.69, 9.17) is 0 Å². The molecule has 0 radical (unpaired) electrons. The predicted octanol–water partition coefficient (Wildman–Crippen LogP) is 2.69. The summed E-state index contributed by atoms with van der Waals surface area (Å²) in [6.45, 7) is 3.73. The van der Waals surface area contributed by atoms with Crippen LogP contribution in [0.5, 0.6) is 0 Å². The van der Waals surface area contributed by atoms with Crippen LogP contribution in [0.3, 0.4) is 0 Å². The van der Waals surface area contributed by atoms with Crippen LogP contribution in [-0.2, 0) is 0 Å². The third-order valence-corrected chi connectivity index (χ3v) is 4.27. The van der Waals surface area contributed by atoms with Crippen LogP contribution in [0.2, 0.25) is 0 Å². The second-order valence-corrected chi connectivity index (χ2v) is 5.62. The van der Waals surface area contributed by atoms with E-state index in [0.29, 0.717) is 0 Å². The molecule has 2 aliphatic rings.